The first-order valence-electron chi connectivity index (χ1n) is 16.7. The van der Waals surface area contributed by atoms with E-state index in [2.05, 4.69) is 37.7 Å². The number of halogens is 4. The van der Waals surface area contributed by atoms with Crippen LogP contribution in [0.5, 0.6) is 0 Å². The highest BCUT2D eigenvalue weighted by Gasteiger charge is 2.52. The first kappa shape index (κ1) is 39.1. The number of fused-ring (bicyclic) bond motifs is 10. The molecule has 0 saturated carbocycles. The van der Waals surface area contributed by atoms with Crippen LogP contribution < -0.4 is 0 Å². The summed E-state index contributed by atoms with van der Waals surface area (Å²) < 4.78 is 77.0. The zero-order valence-electron chi connectivity index (χ0n) is 28.3. The summed E-state index contributed by atoms with van der Waals surface area (Å²) in [5.74, 6) is 0. The summed E-state index contributed by atoms with van der Waals surface area (Å²) in [4.78, 5) is 2.56. The Morgan fingerprint density at radius 2 is 1.02 bits per heavy atom. The van der Waals surface area contributed by atoms with Gasteiger partial charge in [0, 0.05) is 25.8 Å². The van der Waals surface area contributed by atoms with E-state index in [1.54, 1.807) is 0 Å². The molecule has 0 aliphatic carbocycles. The molecule has 1 N–H and O–H groups in total. The maximum Gasteiger partial charge on any atom is 0.284 e. The number of hydrogen-bond donors (Lipinski definition) is 1. The van der Waals surface area contributed by atoms with Gasteiger partial charge >= 0.3 is 0 Å². The Morgan fingerprint density at radius 3 is 1.50 bits per heavy atom. The van der Waals surface area contributed by atoms with Crippen molar-refractivity contribution in [2.75, 3.05) is 7.05 Å². The molecule has 4 aliphatic heterocycles. The standard InChI is InChI=1S/C19H16Cl2N4O4S2.C8H12N4.C6H4Cl2O2S/c20-12-4-8-14(9-5-12)30(26,27)24-16-2-1-3-17(24)19-18(16)22-23-25(19)31(28,29)15-10-6-13(21)7-11-15;1-12-5-3-2-4-6(12)8-7(5)9-11-10-8;7-5-1-3-6(4-2-5)11(8,9)10/h4-11,16-17H,1-3H2;5-6H,2-4H2,1H3,(H,9,10,11);1-4H. The topological polar surface area (TPSA) is 181 Å². The third-order valence-electron chi connectivity index (χ3n) is 9.90. The van der Waals surface area contributed by atoms with E-state index in [0.717, 1.165) is 10.5 Å². The Kier molecular flexibility index (Phi) is 10.9. The molecule has 3 aromatic carbocycles. The second-order valence-electron chi connectivity index (χ2n) is 13.0. The molecular formula is C33H32Cl4N8O6S3. The van der Waals surface area contributed by atoms with Gasteiger partial charge < -0.3 is 0 Å². The number of piperidine rings is 2. The fourth-order valence-electron chi connectivity index (χ4n) is 7.38. The lowest BCUT2D eigenvalue weighted by Gasteiger charge is -2.33. The molecule has 0 amide bonds. The quantitative estimate of drug-likeness (QED) is 0.178. The zero-order chi connectivity index (χ0) is 38.6. The number of aromatic amines is 1. The van der Waals surface area contributed by atoms with Crippen molar-refractivity contribution in [1.29, 1.82) is 0 Å². The SMILES string of the molecule is CN1C2CCCC1c1n[nH]nc12.O=S(=O)(Cl)c1ccc(Cl)cc1.O=S(=O)(c1ccc(Cl)cc1)N1C2CCCC1c1c2nnn1S(=O)(=O)c1ccc(Cl)cc1. The maximum absolute atomic E-state index is 13.5. The van der Waals surface area contributed by atoms with E-state index >= 15 is 0 Å². The first-order valence-corrected chi connectivity index (χ1v) is 23.0. The molecular weight excluding hydrogens is 842 g/mol. The molecule has 4 unspecified atom stereocenters. The van der Waals surface area contributed by atoms with Crippen molar-refractivity contribution in [2.45, 2.75) is 77.4 Å². The summed E-state index contributed by atoms with van der Waals surface area (Å²) in [6, 6.07) is 17.1. The molecule has 54 heavy (non-hydrogen) atoms. The Balaban J connectivity index is 0.000000158. The van der Waals surface area contributed by atoms with Crippen molar-refractivity contribution >= 4 is 74.6 Å². The molecule has 14 nitrogen and oxygen atoms in total. The highest BCUT2D eigenvalue weighted by atomic mass is 35.7. The first-order chi connectivity index (χ1) is 25.6. The molecule has 5 aromatic rings. The van der Waals surface area contributed by atoms with E-state index in [4.69, 9.17) is 45.5 Å². The average molecular weight is 875 g/mol. The van der Waals surface area contributed by atoms with Gasteiger partial charge in [-0.2, -0.15) is 28.1 Å². The van der Waals surface area contributed by atoms with Gasteiger partial charge in [0.05, 0.1) is 38.9 Å². The summed E-state index contributed by atoms with van der Waals surface area (Å²) in [7, 11) is -4.36. The van der Waals surface area contributed by atoms with Gasteiger partial charge in [0.2, 0.25) is 10.0 Å². The molecule has 286 valence electrons. The minimum absolute atomic E-state index is 0.00171. The van der Waals surface area contributed by atoms with Crippen LogP contribution in [0.1, 0.15) is 85.5 Å². The molecule has 9 rings (SSSR count). The largest absolute Gasteiger partial charge is 0.289 e. The normalized spacial score (nSPS) is 22.0. The van der Waals surface area contributed by atoms with Gasteiger partial charge in [-0.05, 0) is 118 Å². The van der Waals surface area contributed by atoms with Crippen molar-refractivity contribution in [3.8, 4) is 0 Å². The minimum atomic E-state index is -4.07. The van der Waals surface area contributed by atoms with Crippen LogP contribution in [-0.2, 0) is 29.1 Å². The summed E-state index contributed by atoms with van der Waals surface area (Å²) in [6.07, 6.45) is 5.56. The molecule has 4 bridgehead atoms. The van der Waals surface area contributed by atoms with Crippen molar-refractivity contribution in [2.24, 2.45) is 0 Å². The number of nitrogens with one attached hydrogen (secondary N) is 1. The van der Waals surface area contributed by atoms with Gasteiger partial charge in [-0.1, -0.05) is 40.0 Å². The molecule has 2 saturated heterocycles. The molecule has 0 radical (unpaired) electrons. The molecule has 4 aliphatic rings. The highest BCUT2D eigenvalue weighted by Crippen LogP contribution is 2.53. The maximum atomic E-state index is 13.5. The van der Waals surface area contributed by atoms with Crippen LogP contribution in [0.2, 0.25) is 15.1 Å². The van der Waals surface area contributed by atoms with Crippen LogP contribution in [0.4, 0.5) is 0 Å². The van der Waals surface area contributed by atoms with Crippen molar-refractivity contribution in [3.63, 3.8) is 0 Å². The van der Waals surface area contributed by atoms with Crippen molar-refractivity contribution < 1.29 is 25.3 Å². The number of benzene rings is 3. The van der Waals surface area contributed by atoms with E-state index < -0.39 is 41.2 Å². The molecule has 6 heterocycles. The van der Waals surface area contributed by atoms with Crippen molar-refractivity contribution in [1.82, 2.24) is 39.0 Å². The Hall–Kier alpha value is -3.13. The lowest BCUT2D eigenvalue weighted by molar-refractivity contribution is 0.139. The van der Waals surface area contributed by atoms with Gasteiger partial charge in [-0.15, -0.1) is 9.19 Å². The van der Waals surface area contributed by atoms with E-state index in [1.807, 2.05) is 0 Å². The lowest BCUT2D eigenvalue weighted by atomic mass is 10.0. The Labute approximate surface area is 331 Å². The number of rotatable bonds is 5. The molecule has 0 spiro atoms. The molecule has 4 atom stereocenters. The van der Waals surface area contributed by atoms with Crippen LogP contribution in [0.15, 0.2) is 87.5 Å². The van der Waals surface area contributed by atoms with Gasteiger partial charge in [0.15, 0.2) is 0 Å². The summed E-state index contributed by atoms with van der Waals surface area (Å²) in [5.41, 5.74) is 3.08. The van der Waals surface area contributed by atoms with E-state index in [1.165, 1.54) is 108 Å². The smallest absolute Gasteiger partial charge is 0.284 e. The number of H-pyrrole nitrogens is 1. The number of hydrogen-bond acceptors (Lipinski definition) is 11. The lowest BCUT2D eigenvalue weighted by Crippen LogP contribution is -2.37. The predicted molar refractivity (Wildman–Crippen MR) is 202 cm³/mol. The van der Waals surface area contributed by atoms with Crippen LogP contribution in [0, 0.1) is 0 Å². The minimum Gasteiger partial charge on any atom is -0.289 e. The second-order valence-corrected chi connectivity index (χ2v) is 20.5. The third kappa shape index (κ3) is 7.30. The van der Waals surface area contributed by atoms with Crippen LogP contribution >= 0.6 is 45.5 Å². The van der Waals surface area contributed by atoms with Gasteiger partial charge in [-0.25, -0.2) is 16.8 Å². The monoisotopic (exact) mass is 872 g/mol. The molecule has 21 heteroatoms. The second kappa shape index (κ2) is 15.1. The van der Waals surface area contributed by atoms with Crippen LogP contribution in [0.3, 0.4) is 0 Å². The van der Waals surface area contributed by atoms with Crippen LogP contribution in [-0.4, -0.2) is 71.3 Å². The summed E-state index contributed by atoms with van der Waals surface area (Å²) in [5, 5.41) is 20.5. The Morgan fingerprint density at radius 1 is 0.593 bits per heavy atom. The summed E-state index contributed by atoms with van der Waals surface area (Å²) >= 11 is 17.3. The van der Waals surface area contributed by atoms with E-state index in [0.29, 0.717) is 51.4 Å². The number of aromatic nitrogens is 6. The highest BCUT2D eigenvalue weighted by molar-refractivity contribution is 8.13. The summed E-state index contributed by atoms with van der Waals surface area (Å²) in [6.45, 7) is 0. The fraction of sp³-hybridized carbons (Fsp3) is 0.333. The van der Waals surface area contributed by atoms with Gasteiger partial charge in [0.1, 0.15) is 22.8 Å². The zero-order valence-corrected chi connectivity index (χ0v) is 33.8. The number of sulfonamides is 1. The van der Waals surface area contributed by atoms with E-state index in [9.17, 15) is 25.3 Å². The Bertz CT molecular complexity index is 2470. The molecule has 2 fully saturated rings. The van der Waals surface area contributed by atoms with Crippen LogP contribution in [0.25, 0.3) is 0 Å². The fourth-order valence-corrected chi connectivity index (χ4v) is 11.6. The predicted octanol–water partition coefficient (Wildman–Crippen LogP) is 7.08. The van der Waals surface area contributed by atoms with Crippen molar-refractivity contribution in [3.05, 3.63) is 111 Å². The molecule has 2 aromatic heterocycles. The average Bonchev–Trinajstić information content (AvgIpc) is 3.86. The van der Waals surface area contributed by atoms with Gasteiger partial charge in [0.25, 0.3) is 19.1 Å². The number of nitrogens with zero attached hydrogens (tertiary/aromatic N) is 7. The van der Waals surface area contributed by atoms with E-state index in [-0.39, 0.29) is 14.7 Å². The van der Waals surface area contributed by atoms with Gasteiger partial charge in [-0.3, -0.25) is 4.90 Å². The third-order valence-corrected chi connectivity index (χ3v) is 15.5.